The number of hydrogen-bond acceptors (Lipinski definition) is 4. The molecule has 32 heavy (non-hydrogen) atoms. The summed E-state index contributed by atoms with van der Waals surface area (Å²) in [5.41, 5.74) is 0. The molecule has 1 saturated carbocycles. The van der Waals surface area contributed by atoms with Gasteiger partial charge in [0, 0.05) is 32.2 Å². The molecule has 2 unspecified atom stereocenters. The molecule has 1 N–H and O–H groups in total. The van der Waals surface area contributed by atoms with Gasteiger partial charge >= 0.3 is 0 Å². The van der Waals surface area contributed by atoms with Crippen LogP contribution in [-0.2, 0) is 19.6 Å². The Morgan fingerprint density at radius 2 is 1.50 bits per heavy atom. The van der Waals surface area contributed by atoms with Crippen molar-refractivity contribution in [3.8, 4) is 0 Å². The standard InChI is InChI=1S/C24H35N3O4S/c28-23(25-21-11-3-1-4-12-21)19-9-7-15-26(17-19)24(29)20-10-8-16-27(18-20)32(30,31)22-13-5-2-6-14-22/h2,5-6,13-14,19-21H,1,3-4,7-12,15-18H2,(H,25,28). The molecule has 0 bridgehead atoms. The average molecular weight is 462 g/mol. The summed E-state index contributed by atoms with van der Waals surface area (Å²) in [6.07, 6.45) is 8.67. The molecule has 2 atom stereocenters. The van der Waals surface area contributed by atoms with Gasteiger partial charge in [-0.25, -0.2) is 8.42 Å². The third-order valence-corrected chi connectivity index (χ3v) is 9.05. The Morgan fingerprint density at radius 1 is 0.812 bits per heavy atom. The number of nitrogens with zero attached hydrogens (tertiary/aromatic N) is 2. The van der Waals surface area contributed by atoms with Crippen LogP contribution in [0.1, 0.15) is 57.8 Å². The van der Waals surface area contributed by atoms with Gasteiger partial charge in [0.15, 0.2) is 0 Å². The highest BCUT2D eigenvalue weighted by molar-refractivity contribution is 7.89. The van der Waals surface area contributed by atoms with Gasteiger partial charge in [-0.05, 0) is 50.7 Å². The molecule has 7 nitrogen and oxygen atoms in total. The molecular weight excluding hydrogens is 426 g/mol. The van der Waals surface area contributed by atoms with Crippen molar-refractivity contribution in [2.75, 3.05) is 26.2 Å². The van der Waals surface area contributed by atoms with E-state index in [2.05, 4.69) is 5.32 Å². The first-order chi connectivity index (χ1) is 15.4. The third-order valence-electron chi connectivity index (χ3n) is 7.17. The summed E-state index contributed by atoms with van der Waals surface area (Å²) in [7, 11) is -3.60. The zero-order chi connectivity index (χ0) is 22.6. The van der Waals surface area contributed by atoms with Gasteiger partial charge in [0.05, 0.1) is 16.7 Å². The van der Waals surface area contributed by atoms with E-state index in [0.717, 1.165) is 25.7 Å². The van der Waals surface area contributed by atoms with E-state index in [0.29, 0.717) is 32.5 Å². The number of sulfonamides is 1. The molecule has 0 spiro atoms. The number of carbonyl (C=O) groups excluding carboxylic acids is 2. The van der Waals surface area contributed by atoms with Crippen molar-refractivity contribution in [3.05, 3.63) is 30.3 Å². The van der Waals surface area contributed by atoms with Crippen molar-refractivity contribution in [2.45, 2.75) is 68.7 Å². The van der Waals surface area contributed by atoms with Crippen LogP contribution in [0.3, 0.4) is 0 Å². The Morgan fingerprint density at radius 3 is 2.25 bits per heavy atom. The maximum atomic E-state index is 13.3. The highest BCUT2D eigenvalue weighted by Crippen LogP contribution is 2.27. The van der Waals surface area contributed by atoms with E-state index >= 15 is 0 Å². The van der Waals surface area contributed by atoms with Gasteiger partial charge in [0.2, 0.25) is 21.8 Å². The SMILES string of the molecule is O=C(NC1CCCCC1)C1CCCN(C(=O)C2CCCN(S(=O)(=O)c3ccccc3)C2)C1. The predicted octanol–water partition coefficient (Wildman–Crippen LogP) is 2.77. The van der Waals surface area contributed by atoms with Crippen LogP contribution in [0.2, 0.25) is 0 Å². The number of piperidine rings is 2. The van der Waals surface area contributed by atoms with E-state index in [-0.39, 0.29) is 41.1 Å². The fourth-order valence-corrected chi connectivity index (χ4v) is 6.86. The Balaban J connectivity index is 1.36. The Bertz CT molecular complexity index is 899. The number of likely N-dealkylation sites (tertiary alicyclic amines) is 1. The summed E-state index contributed by atoms with van der Waals surface area (Å²) < 4.78 is 27.5. The van der Waals surface area contributed by atoms with Gasteiger partial charge in [-0.3, -0.25) is 9.59 Å². The second kappa shape index (κ2) is 10.3. The van der Waals surface area contributed by atoms with Crippen molar-refractivity contribution >= 4 is 21.8 Å². The molecule has 1 aromatic carbocycles. The molecule has 4 rings (SSSR count). The molecule has 3 aliphatic rings. The lowest BCUT2D eigenvalue weighted by Crippen LogP contribution is -2.51. The molecule has 176 valence electrons. The number of benzene rings is 1. The normalized spacial score (nSPS) is 25.9. The van der Waals surface area contributed by atoms with E-state index in [9.17, 15) is 18.0 Å². The summed E-state index contributed by atoms with van der Waals surface area (Å²) in [4.78, 5) is 28.2. The Hall–Kier alpha value is -1.93. The first-order valence-electron chi connectivity index (χ1n) is 12.1. The van der Waals surface area contributed by atoms with Gasteiger partial charge in [-0.15, -0.1) is 0 Å². The van der Waals surface area contributed by atoms with Crippen LogP contribution in [0.15, 0.2) is 35.2 Å². The maximum absolute atomic E-state index is 13.3. The van der Waals surface area contributed by atoms with Gasteiger partial charge in [0.25, 0.3) is 0 Å². The molecule has 2 aliphatic heterocycles. The lowest BCUT2D eigenvalue weighted by atomic mass is 9.91. The summed E-state index contributed by atoms with van der Waals surface area (Å²) >= 11 is 0. The van der Waals surface area contributed by atoms with E-state index < -0.39 is 10.0 Å². The van der Waals surface area contributed by atoms with Crippen LogP contribution >= 0.6 is 0 Å². The lowest BCUT2D eigenvalue weighted by Gasteiger charge is -2.38. The number of amides is 2. The van der Waals surface area contributed by atoms with Gasteiger partial charge < -0.3 is 10.2 Å². The van der Waals surface area contributed by atoms with Gasteiger partial charge in [-0.2, -0.15) is 4.31 Å². The minimum absolute atomic E-state index is 0.00636. The highest BCUT2D eigenvalue weighted by atomic mass is 32.2. The Labute approximate surface area is 191 Å². The van der Waals surface area contributed by atoms with Crippen LogP contribution in [-0.4, -0.2) is 61.7 Å². The van der Waals surface area contributed by atoms with Crippen LogP contribution in [0.4, 0.5) is 0 Å². The first-order valence-corrected chi connectivity index (χ1v) is 13.5. The average Bonchev–Trinajstić information content (AvgIpc) is 2.85. The smallest absolute Gasteiger partial charge is 0.243 e. The van der Waals surface area contributed by atoms with Crippen molar-refractivity contribution in [3.63, 3.8) is 0 Å². The minimum Gasteiger partial charge on any atom is -0.353 e. The third kappa shape index (κ3) is 5.34. The summed E-state index contributed by atoms with van der Waals surface area (Å²) in [6.45, 7) is 1.74. The van der Waals surface area contributed by atoms with Crippen molar-refractivity contribution in [2.24, 2.45) is 11.8 Å². The predicted molar refractivity (Wildman–Crippen MR) is 122 cm³/mol. The molecule has 1 aliphatic carbocycles. The molecule has 0 aromatic heterocycles. The number of nitrogens with one attached hydrogen (secondary N) is 1. The zero-order valence-electron chi connectivity index (χ0n) is 18.7. The number of hydrogen-bond donors (Lipinski definition) is 1. The monoisotopic (exact) mass is 461 g/mol. The fraction of sp³-hybridized carbons (Fsp3) is 0.667. The molecule has 2 heterocycles. The van der Waals surface area contributed by atoms with Crippen LogP contribution in [0, 0.1) is 11.8 Å². The highest BCUT2D eigenvalue weighted by Gasteiger charge is 2.37. The number of rotatable bonds is 5. The van der Waals surface area contributed by atoms with Gasteiger partial charge in [0.1, 0.15) is 0 Å². The molecule has 8 heteroatoms. The van der Waals surface area contributed by atoms with E-state index in [1.54, 1.807) is 35.2 Å². The molecule has 3 fully saturated rings. The maximum Gasteiger partial charge on any atom is 0.243 e. The second-order valence-corrected chi connectivity index (χ2v) is 11.4. The van der Waals surface area contributed by atoms with Crippen LogP contribution in [0.25, 0.3) is 0 Å². The quantitative estimate of drug-likeness (QED) is 0.731. The largest absolute Gasteiger partial charge is 0.353 e. The van der Waals surface area contributed by atoms with E-state index in [1.807, 2.05) is 0 Å². The van der Waals surface area contributed by atoms with Crippen molar-refractivity contribution in [1.82, 2.24) is 14.5 Å². The fourth-order valence-electron chi connectivity index (χ4n) is 5.32. The van der Waals surface area contributed by atoms with E-state index in [4.69, 9.17) is 0 Å². The summed E-state index contributed by atoms with van der Waals surface area (Å²) in [5.74, 6) is -0.441. The topological polar surface area (TPSA) is 86.8 Å². The molecule has 2 saturated heterocycles. The zero-order valence-corrected chi connectivity index (χ0v) is 19.6. The summed E-state index contributed by atoms with van der Waals surface area (Å²) in [6, 6.07) is 8.69. The molecule has 1 aromatic rings. The van der Waals surface area contributed by atoms with Crippen molar-refractivity contribution < 1.29 is 18.0 Å². The molecular formula is C24H35N3O4S. The lowest BCUT2D eigenvalue weighted by molar-refractivity contribution is -0.140. The number of carbonyl (C=O) groups is 2. The van der Waals surface area contributed by atoms with E-state index in [1.165, 1.54) is 23.6 Å². The Kier molecular flexibility index (Phi) is 7.51. The molecule has 2 amide bonds. The van der Waals surface area contributed by atoms with Crippen molar-refractivity contribution in [1.29, 1.82) is 0 Å². The van der Waals surface area contributed by atoms with Crippen LogP contribution < -0.4 is 5.32 Å². The molecule has 0 radical (unpaired) electrons. The second-order valence-electron chi connectivity index (χ2n) is 9.48. The van der Waals surface area contributed by atoms with Crippen LogP contribution in [0.5, 0.6) is 0 Å². The summed E-state index contributed by atoms with van der Waals surface area (Å²) in [5, 5.41) is 3.21. The van der Waals surface area contributed by atoms with Gasteiger partial charge in [-0.1, -0.05) is 37.5 Å². The first kappa shape index (κ1) is 23.2. The minimum atomic E-state index is -3.60.